The Kier molecular flexibility index (Phi) is 10.5. The van der Waals surface area contributed by atoms with Crippen LogP contribution in [0.25, 0.3) is 0 Å². The summed E-state index contributed by atoms with van der Waals surface area (Å²) in [5, 5.41) is 0. The second-order valence-electron chi connectivity index (χ2n) is 12.3. The van der Waals surface area contributed by atoms with Crippen molar-refractivity contribution in [2.75, 3.05) is 47.1 Å². The van der Waals surface area contributed by atoms with E-state index in [1.165, 1.54) is 18.4 Å². The highest BCUT2D eigenvalue weighted by Crippen LogP contribution is 2.64. The van der Waals surface area contributed by atoms with Gasteiger partial charge in [0.2, 0.25) is 0 Å². The lowest BCUT2D eigenvalue weighted by Crippen LogP contribution is -2.56. The van der Waals surface area contributed by atoms with Gasteiger partial charge in [0.1, 0.15) is 31.3 Å². The van der Waals surface area contributed by atoms with E-state index in [0.29, 0.717) is 30.6 Å². The second kappa shape index (κ2) is 13.7. The van der Waals surface area contributed by atoms with Crippen LogP contribution in [0.15, 0.2) is 16.7 Å². The van der Waals surface area contributed by atoms with E-state index in [9.17, 15) is 14.5 Å². The van der Waals surface area contributed by atoms with Crippen molar-refractivity contribution < 1.29 is 28.5 Å². The highest BCUT2D eigenvalue weighted by Gasteiger charge is 2.58. The predicted molar refractivity (Wildman–Crippen MR) is 155 cm³/mol. The molecule has 0 amide bonds. The smallest absolute Gasteiger partial charge is 0.337 e. The van der Waals surface area contributed by atoms with Crippen LogP contribution in [0.2, 0.25) is 0 Å². The number of carbonyl (C=O) groups excluding carboxylic acids is 2. The van der Waals surface area contributed by atoms with Gasteiger partial charge in [0, 0.05) is 28.6 Å². The molecule has 0 spiro atoms. The number of nitroso groups, excluding NO2 is 1. The van der Waals surface area contributed by atoms with Gasteiger partial charge in [-0.1, -0.05) is 13.8 Å². The van der Waals surface area contributed by atoms with Crippen molar-refractivity contribution in [1.29, 1.82) is 0 Å². The normalized spacial score (nSPS) is 26.8. The molecule has 4 aliphatic carbocycles. The lowest BCUT2D eigenvalue weighted by molar-refractivity contribution is -0.152. The summed E-state index contributed by atoms with van der Waals surface area (Å²) in [5.41, 5.74) is 1.73. The summed E-state index contributed by atoms with van der Waals surface area (Å²) in [7, 11) is 3.99. The van der Waals surface area contributed by atoms with E-state index in [1.807, 2.05) is 33.2 Å². The van der Waals surface area contributed by atoms with E-state index in [1.54, 1.807) is 0 Å². The summed E-state index contributed by atoms with van der Waals surface area (Å²) in [4.78, 5) is 38.2. The maximum atomic E-state index is 12.5. The van der Waals surface area contributed by atoms with Crippen molar-refractivity contribution in [2.24, 2.45) is 28.3 Å². The number of nitrogens with zero attached hydrogens (tertiary/aromatic N) is 2. The van der Waals surface area contributed by atoms with E-state index in [0.717, 1.165) is 60.9 Å². The minimum absolute atomic E-state index is 0.178. The second-order valence-corrected chi connectivity index (χ2v) is 13.4. The number of rotatable bonds is 15. The van der Waals surface area contributed by atoms with Crippen molar-refractivity contribution in [2.45, 2.75) is 70.0 Å². The van der Waals surface area contributed by atoms with Crippen LogP contribution in [-0.2, 0) is 19.1 Å². The molecule has 0 saturated heterocycles. The molecule has 1 aromatic rings. The molecule has 4 aliphatic rings. The lowest BCUT2D eigenvalue weighted by Gasteiger charge is -2.59. The Hall–Kier alpha value is -2.17. The van der Waals surface area contributed by atoms with Gasteiger partial charge in [0.25, 0.3) is 0 Å². The standard InChI is InChI=1S/C30H44N2O7S/c1-19(2)25-16-26(20(3)10-27(25)37-9-7-32(4)5)39-29(34)18-36-17-28(33)38-8-6-30(40-31-35)23-12-21-11-22(14-23)15-24(30)13-21/h10,16,19,21-24H,6-9,11-15,17-18H2,1-5H3. The first kappa shape index (κ1) is 30.8. The fourth-order valence-electron chi connectivity index (χ4n) is 7.09. The predicted octanol–water partition coefficient (Wildman–Crippen LogP) is 5.52. The fourth-order valence-corrected chi connectivity index (χ4v) is 8.09. The molecule has 10 heteroatoms. The van der Waals surface area contributed by atoms with Gasteiger partial charge >= 0.3 is 11.9 Å². The molecular weight excluding hydrogens is 532 g/mol. The number of carbonyl (C=O) groups is 2. The zero-order valence-electron chi connectivity index (χ0n) is 24.5. The summed E-state index contributed by atoms with van der Waals surface area (Å²) >= 11 is 1.17. The molecular formula is C30H44N2O7S. The summed E-state index contributed by atoms with van der Waals surface area (Å²) in [6, 6.07) is 3.73. The molecule has 0 atom stereocenters. The van der Waals surface area contributed by atoms with E-state index in [-0.39, 0.29) is 30.5 Å². The molecule has 0 heterocycles. The molecule has 4 fully saturated rings. The average molecular weight is 577 g/mol. The summed E-state index contributed by atoms with van der Waals surface area (Å²) in [6.45, 7) is 6.85. The molecule has 0 radical (unpaired) electrons. The third-order valence-electron chi connectivity index (χ3n) is 8.87. The van der Waals surface area contributed by atoms with Crippen molar-refractivity contribution in [3.63, 3.8) is 0 Å². The first-order valence-corrected chi connectivity index (χ1v) is 15.3. The van der Waals surface area contributed by atoms with Gasteiger partial charge in [-0.2, -0.15) is 0 Å². The van der Waals surface area contributed by atoms with Crippen molar-refractivity contribution in [3.8, 4) is 11.5 Å². The van der Waals surface area contributed by atoms with Gasteiger partial charge in [-0.25, -0.2) is 9.59 Å². The first-order valence-electron chi connectivity index (χ1n) is 14.5. The Labute approximate surface area is 242 Å². The fraction of sp³-hybridized carbons (Fsp3) is 0.733. The van der Waals surface area contributed by atoms with Crippen LogP contribution in [-0.4, -0.2) is 68.7 Å². The van der Waals surface area contributed by atoms with Gasteiger partial charge in [0.15, 0.2) is 0 Å². The molecule has 0 unspecified atom stereocenters. The average Bonchev–Trinajstić information content (AvgIpc) is 2.87. The van der Waals surface area contributed by atoms with Crippen LogP contribution < -0.4 is 9.47 Å². The third kappa shape index (κ3) is 7.36. The quantitative estimate of drug-likeness (QED) is 0.115. The van der Waals surface area contributed by atoms with Gasteiger partial charge < -0.3 is 23.8 Å². The number of benzene rings is 1. The summed E-state index contributed by atoms with van der Waals surface area (Å²) < 4.78 is 25.3. The molecule has 9 nitrogen and oxygen atoms in total. The highest BCUT2D eigenvalue weighted by atomic mass is 32.2. The van der Waals surface area contributed by atoms with Crippen molar-refractivity contribution >= 4 is 23.9 Å². The number of hydrogen-bond acceptors (Lipinski definition) is 10. The van der Waals surface area contributed by atoms with E-state index in [4.69, 9.17) is 18.9 Å². The van der Waals surface area contributed by atoms with Crippen LogP contribution in [0.5, 0.6) is 11.5 Å². The largest absolute Gasteiger partial charge is 0.492 e. The van der Waals surface area contributed by atoms with Gasteiger partial charge in [-0.15, -0.1) is 4.91 Å². The molecule has 4 bridgehead atoms. The summed E-state index contributed by atoms with van der Waals surface area (Å²) in [6.07, 6.45) is 6.56. The van der Waals surface area contributed by atoms with Crippen LogP contribution >= 0.6 is 11.9 Å². The Morgan fingerprint density at radius 2 is 1.65 bits per heavy atom. The van der Waals surface area contributed by atoms with Crippen molar-refractivity contribution in [3.05, 3.63) is 28.2 Å². The molecule has 1 aromatic carbocycles. The topological polar surface area (TPSA) is 104 Å². The molecule has 40 heavy (non-hydrogen) atoms. The number of ether oxygens (including phenoxy) is 4. The Bertz CT molecular complexity index is 1030. The summed E-state index contributed by atoms with van der Waals surface area (Å²) in [5.74, 6) is 2.77. The van der Waals surface area contributed by atoms with Gasteiger partial charge in [0.05, 0.1) is 11.4 Å². The number of likely N-dealkylation sites (N-methyl/N-ethyl adjacent to an activating group) is 1. The first-order chi connectivity index (χ1) is 19.1. The Morgan fingerprint density at radius 3 is 2.25 bits per heavy atom. The third-order valence-corrected chi connectivity index (χ3v) is 10.2. The zero-order valence-corrected chi connectivity index (χ0v) is 25.3. The SMILES string of the molecule is Cc1cc(OCCN(C)C)c(C(C)C)cc1OC(=O)COCC(=O)OCCC1(SN=O)C2CC3CC(C2)CC1C3. The Balaban J connectivity index is 1.21. The lowest BCUT2D eigenvalue weighted by atomic mass is 9.51. The highest BCUT2D eigenvalue weighted by molar-refractivity contribution is 7.99. The molecule has 222 valence electrons. The van der Waals surface area contributed by atoms with Crippen LogP contribution in [0.4, 0.5) is 0 Å². The molecule has 0 aliphatic heterocycles. The molecule has 5 rings (SSSR count). The van der Waals surface area contributed by atoms with Crippen LogP contribution in [0, 0.1) is 35.5 Å². The minimum Gasteiger partial charge on any atom is -0.492 e. The number of esters is 2. The monoisotopic (exact) mass is 576 g/mol. The van der Waals surface area contributed by atoms with E-state index < -0.39 is 11.9 Å². The van der Waals surface area contributed by atoms with Crippen LogP contribution in [0.1, 0.15) is 69.4 Å². The Morgan fingerprint density at radius 1 is 1.00 bits per heavy atom. The zero-order chi connectivity index (χ0) is 28.9. The number of hydrogen-bond donors (Lipinski definition) is 0. The van der Waals surface area contributed by atoms with Crippen LogP contribution in [0.3, 0.4) is 0 Å². The molecule has 0 aromatic heterocycles. The minimum atomic E-state index is -0.590. The van der Waals surface area contributed by atoms with Crippen molar-refractivity contribution in [1.82, 2.24) is 4.90 Å². The maximum Gasteiger partial charge on any atom is 0.337 e. The van der Waals surface area contributed by atoms with Gasteiger partial charge in [-0.05, 0) is 107 Å². The molecule has 4 saturated carbocycles. The molecule has 0 N–H and O–H groups in total. The van der Waals surface area contributed by atoms with E-state index >= 15 is 0 Å². The maximum absolute atomic E-state index is 12.5. The number of aryl methyl sites for hydroxylation is 1. The van der Waals surface area contributed by atoms with E-state index in [2.05, 4.69) is 23.3 Å². The van der Waals surface area contributed by atoms with Gasteiger partial charge in [-0.3, -0.25) is 0 Å².